The van der Waals surface area contributed by atoms with Gasteiger partial charge in [0.15, 0.2) is 0 Å². The van der Waals surface area contributed by atoms with Gasteiger partial charge in [0.05, 0.1) is 72.1 Å². The van der Waals surface area contributed by atoms with Crippen LogP contribution in [0.5, 0.6) is 34.5 Å². The van der Waals surface area contributed by atoms with Gasteiger partial charge in [-0.25, -0.2) is 14.4 Å². The van der Waals surface area contributed by atoms with E-state index in [2.05, 4.69) is 23.1 Å². The number of halogens is 1. The summed E-state index contributed by atoms with van der Waals surface area (Å²) in [4.78, 5) is 73.3. The standard InChI is InChI=1S/C28H30N4O5.C26H24N4O4.C3H3ClO/c1-28(2,3)37-27(34)30-15-13-20(18-30)32-24-12-14-29-17-25(24)31(26(32)33)19-8-10-21(11-9-19)36-23-7-5-6-22(16-23)35-4;1-3-25(31)28-14-12-19(17-28)30-23-11-13-27-16-24(23)29(26(30)32)18-7-9-20(10-8-18)34-22-6-4-5-21(15-22)33-2;1-2-3(4)5/h5-12,14,16-17,20H,13,15,18H2,1-4H3;3-11,13,15-16,19H,1,12,14,17H2,2H3;2H,1H2/t20-;19-;/m11./s1. The molecule has 10 rings (SSSR count). The molecule has 2 amide bonds. The minimum Gasteiger partial charge on any atom is -0.497 e. The van der Waals surface area contributed by atoms with Gasteiger partial charge in [0.1, 0.15) is 40.1 Å². The van der Waals surface area contributed by atoms with E-state index in [1.807, 2.05) is 118 Å². The highest BCUT2D eigenvalue weighted by atomic mass is 35.5. The Morgan fingerprint density at radius 2 is 1.01 bits per heavy atom. The van der Waals surface area contributed by atoms with Gasteiger partial charge in [-0.2, -0.15) is 0 Å². The molecule has 0 bridgehead atoms. The summed E-state index contributed by atoms with van der Waals surface area (Å²) in [5.41, 5.74) is 3.45. The molecule has 18 nitrogen and oxygen atoms in total. The van der Waals surface area contributed by atoms with Crippen LogP contribution in [0.15, 0.2) is 169 Å². The number of hydrogen-bond acceptors (Lipinski definition) is 12. The predicted octanol–water partition coefficient (Wildman–Crippen LogP) is 10.1. The highest BCUT2D eigenvalue weighted by molar-refractivity contribution is 6.66. The van der Waals surface area contributed by atoms with Crippen molar-refractivity contribution in [3.63, 3.8) is 0 Å². The Morgan fingerprint density at radius 3 is 1.42 bits per heavy atom. The first-order valence-corrected chi connectivity index (χ1v) is 24.7. The van der Waals surface area contributed by atoms with Gasteiger partial charge in [-0.1, -0.05) is 25.3 Å². The maximum absolute atomic E-state index is 13.7. The Kier molecular flexibility index (Phi) is 16.5. The molecule has 0 N–H and O–H groups in total. The molecule has 2 aliphatic rings. The van der Waals surface area contributed by atoms with Crippen molar-refractivity contribution in [2.75, 3.05) is 40.4 Å². The Hall–Kier alpha value is -8.90. The molecule has 2 saturated heterocycles. The average molecular weight is 1050 g/mol. The number of allylic oxidation sites excluding steroid dienone is 1. The van der Waals surface area contributed by atoms with Crippen molar-refractivity contribution < 1.29 is 38.1 Å². The van der Waals surface area contributed by atoms with E-state index < -0.39 is 10.8 Å². The number of amides is 2. The van der Waals surface area contributed by atoms with E-state index in [1.54, 1.807) is 79.2 Å². The molecule has 392 valence electrons. The lowest BCUT2D eigenvalue weighted by Gasteiger charge is -2.24. The summed E-state index contributed by atoms with van der Waals surface area (Å²) in [5, 5.41) is -0.509. The van der Waals surface area contributed by atoms with Crippen LogP contribution in [-0.2, 0) is 14.3 Å². The first-order valence-electron chi connectivity index (χ1n) is 24.3. The van der Waals surface area contributed by atoms with Crippen LogP contribution in [0.2, 0.25) is 0 Å². The molecule has 0 unspecified atom stereocenters. The molecule has 0 spiro atoms. The van der Waals surface area contributed by atoms with E-state index >= 15 is 0 Å². The van der Waals surface area contributed by atoms with Gasteiger partial charge in [-0.15, -0.1) is 0 Å². The number of benzene rings is 4. The van der Waals surface area contributed by atoms with Crippen molar-refractivity contribution in [3.05, 3.63) is 180 Å². The van der Waals surface area contributed by atoms with Crippen LogP contribution in [0.4, 0.5) is 4.79 Å². The van der Waals surface area contributed by atoms with Gasteiger partial charge in [-0.05, 0) is 142 Å². The number of rotatable bonds is 12. The lowest BCUT2D eigenvalue weighted by atomic mass is 10.2. The molecule has 4 aromatic heterocycles. The number of methoxy groups -OCH3 is 2. The van der Waals surface area contributed by atoms with E-state index in [4.69, 9.17) is 35.3 Å². The molecule has 76 heavy (non-hydrogen) atoms. The van der Waals surface area contributed by atoms with Crippen molar-refractivity contribution in [3.8, 4) is 45.9 Å². The molecule has 0 radical (unpaired) electrons. The van der Waals surface area contributed by atoms with Gasteiger partial charge in [0.2, 0.25) is 11.1 Å². The number of hydrogen-bond donors (Lipinski definition) is 0. The van der Waals surface area contributed by atoms with Gasteiger partial charge < -0.3 is 33.5 Å². The number of pyridine rings is 2. The molecule has 2 fully saturated rings. The van der Waals surface area contributed by atoms with E-state index in [-0.39, 0.29) is 35.5 Å². The predicted molar refractivity (Wildman–Crippen MR) is 290 cm³/mol. The van der Waals surface area contributed by atoms with Gasteiger partial charge >= 0.3 is 17.5 Å². The summed E-state index contributed by atoms with van der Waals surface area (Å²) >= 11 is 4.71. The topological polar surface area (TPSA) is 183 Å². The minimum atomic E-state index is -0.573. The van der Waals surface area contributed by atoms with Crippen molar-refractivity contribution >= 4 is 50.9 Å². The fraction of sp³-hybridized carbons (Fsp3) is 0.246. The van der Waals surface area contributed by atoms with Gasteiger partial charge in [-0.3, -0.25) is 37.8 Å². The molecular formula is C57H57ClN8O10. The smallest absolute Gasteiger partial charge is 0.410 e. The molecule has 2 atom stereocenters. The van der Waals surface area contributed by atoms with Crippen molar-refractivity contribution in [2.45, 2.75) is 51.3 Å². The second-order valence-corrected chi connectivity index (χ2v) is 18.9. The van der Waals surface area contributed by atoms with Crippen molar-refractivity contribution in [1.29, 1.82) is 0 Å². The Balaban J connectivity index is 0.000000186. The first-order chi connectivity index (χ1) is 36.6. The third-order valence-corrected chi connectivity index (χ3v) is 12.6. The number of aromatic nitrogens is 6. The first kappa shape index (κ1) is 53.4. The second kappa shape index (κ2) is 23.5. The van der Waals surface area contributed by atoms with Crippen LogP contribution in [-0.4, -0.2) is 101 Å². The lowest BCUT2D eigenvalue weighted by molar-refractivity contribution is -0.125. The largest absolute Gasteiger partial charge is 0.497 e. The number of carbonyl (C=O) groups excluding carboxylic acids is 3. The highest BCUT2D eigenvalue weighted by Gasteiger charge is 2.34. The van der Waals surface area contributed by atoms with Crippen molar-refractivity contribution in [2.24, 2.45) is 0 Å². The third kappa shape index (κ3) is 12.2. The monoisotopic (exact) mass is 1050 g/mol. The fourth-order valence-corrected chi connectivity index (χ4v) is 9.00. The van der Waals surface area contributed by atoms with Crippen molar-refractivity contribution in [1.82, 2.24) is 38.0 Å². The third-order valence-electron chi connectivity index (χ3n) is 12.5. The van der Waals surface area contributed by atoms with E-state index in [9.17, 15) is 24.0 Å². The molecule has 4 aromatic carbocycles. The summed E-state index contributed by atoms with van der Waals surface area (Å²) in [7, 11) is 3.22. The fourth-order valence-electron chi connectivity index (χ4n) is 9.00. The van der Waals surface area contributed by atoms with Gasteiger partial charge in [0.25, 0.3) is 0 Å². The second-order valence-electron chi connectivity index (χ2n) is 18.6. The summed E-state index contributed by atoms with van der Waals surface area (Å²) in [5.74, 6) is 3.88. The molecule has 8 aromatic rings. The lowest BCUT2D eigenvalue weighted by Crippen LogP contribution is -2.36. The Labute approximate surface area is 443 Å². The van der Waals surface area contributed by atoms with Crippen LogP contribution in [0.25, 0.3) is 33.4 Å². The summed E-state index contributed by atoms with van der Waals surface area (Å²) in [6, 6.07) is 32.8. The maximum atomic E-state index is 13.7. The van der Waals surface area contributed by atoms with E-state index in [0.29, 0.717) is 95.9 Å². The van der Waals surface area contributed by atoms with Gasteiger partial charge in [0, 0.05) is 50.7 Å². The maximum Gasteiger partial charge on any atom is 0.410 e. The molecule has 0 aliphatic carbocycles. The number of imidazole rings is 2. The molecule has 2 aliphatic heterocycles. The van der Waals surface area contributed by atoms with E-state index in [0.717, 1.165) is 17.1 Å². The van der Waals surface area contributed by atoms with Crippen LogP contribution < -0.4 is 30.3 Å². The average Bonchev–Trinajstić information content (AvgIpc) is 4.31. The summed E-state index contributed by atoms with van der Waals surface area (Å²) in [6.07, 6.45) is 10.1. The number of carbonyl (C=O) groups is 3. The van der Waals surface area contributed by atoms with Crippen LogP contribution >= 0.6 is 11.6 Å². The summed E-state index contributed by atoms with van der Waals surface area (Å²) in [6.45, 7) is 14.2. The minimum absolute atomic E-state index is 0.113. The Bertz CT molecular complexity index is 3520. The molecule has 0 saturated carbocycles. The summed E-state index contributed by atoms with van der Waals surface area (Å²) < 4.78 is 34.7. The van der Waals surface area contributed by atoms with Crippen LogP contribution in [0.3, 0.4) is 0 Å². The highest BCUT2D eigenvalue weighted by Crippen LogP contribution is 2.32. The zero-order chi connectivity index (χ0) is 54.1. The van der Waals surface area contributed by atoms with E-state index in [1.165, 1.54) is 6.08 Å². The zero-order valence-corrected chi connectivity index (χ0v) is 43.5. The normalized spacial score (nSPS) is 15.0. The quantitative estimate of drug-likeness (QED) is 0.0835. The molecule has 19 heteroatoms. The molecular weight excluding hydrogens is 992 g/mol. The SMILES string of the molecule is C=CC(=O)Cl.C=CC(=O)N1CC[C@@H](n2c(=O)n(-c3ccc(Oc4cccc(OC)c4)cc3)c3cnccc32)C1.COc1cccc(Oc2ccc(-n3c(=O)n([C@@H]4CCN(C(=O)OC(C)(C)C)C4)c4ccncc43)cc2)c1. The Morgan fingerprint density at radius 1 is 0.592 bits per heavy atom. The molecule has 6 heterocycles. The number of likely N-dealkylation sites (tertiary alicyclic amines) is 2. The number of ether oxygens (including phenoxy) is 5. The number of nitrogens with zero attached hydrogens (tertiary/aromatic N) is 8. The zero-order valence-electron chi connectivity index (χ0n) is 42.7. The number of fused-ring (bicyclic) bond motifs is 2. The van der Waals surface area contributed by atoms with Crippen LogP contribution in [0, 0.1) is 0 Å². The van der Waals surface area contributed by atoms with Crippen LogP contribution in [0.1, 0.15) is 45.7 Å².